The zero-order valence-electron chi connectivity index (χ0n) is 13.4. The van der Waals surface area contributed by atoms with Gasteiger partial charge in [-0.3, -0.25) is 4.79 Å². The third-order valence-corrected chi connectivity index (χ3v) is 5.80. The monoisotopic (exact) mass is 305 g/mol. The van der Waals surface area contributed by atoms with Crippen molar-refractivity contribution in [3.63, 3.8) is 0 Å². The number of nitrogens with one attached hydrogen (secondary N) is 1. The van der Waals surface area contributed by atoms with E-state index in [1.54, 1.807) is 0 Å². The van der Waals surface area contributed by atoms with E-state index >= 15 is 0 Å². The van der Waals surface area contributed by atoms with Crippen molar-refractivity contribution >= 4 is 5.91 Å². The van der Waals surface area contributed by atoms with E-state index in [-0.39, 0.29) is 16.7 Å². The van der Waals surface area contributed by atoms with E-state index in [0.717, 1.165) is 19.4 Å². The van der Waals surface area contributed by atoms with Crippen LogP contribution in [0.5, 0.6) is 0 Å². The summed E-state index contributed by atoms with van der Waals surface area (Å²) in [7, 11) is 0. The molecule has 0 radical (unpaired) electrons. The first-order chi connectivity index (χ1) is 11.3. The first kappa shape index (κ1) is 14.5. The van der Waals surface area contributed by atoms with Crippen molar-refractivity contribution < 1.29 is 4.79 Å². The molecule has 0 aromatic heterocycles. The molecule has 0 saturated heterocycles. The van der Waals surface area contributed by atoms with Crippen LogP contribution < -0.4 is 5.32 Å². The van der Waals surface area contributed by atoms with Crippen molar-refractivity contribution in [3.8, 4) is 0 Å². The van der Waals surface area contributed by atoms with Crippen molar-refractivity contribution in [2.45, 2.75) is 42.9 Å². The zero-order chi connectivity index (χ0) is 15.8. The van der Waals surface area contributed by atoms with Crippen LogP contribution in [0.3, 0.4) is 0 Å². The molecular weight excluding hydrogens is 282 g/mol. The van der Waals surface area contributed by atoms with E-state index in [2.05, 4.69) is 47.8 Å². The third kappa shape index (κ3) is 2.46. The van der Waals surface area contributed by atoms with Crippen LogP contribution in [0.4, 0.5) is 0 Å². The number of hydrogen-bond acceptors (Lipinski definition) is 1. The third-order valence-electron chi connectivity index (χ3n) is 5.80. The molecule has 118 valence electrons. The average Bonchev–Trinajstić information content (AvgIpc) is 3.37. The van der Waals surface area contributed by atoms with Gasteiger partial charge in [-0.25, -0.2) is 0 Å². The van der Waals surface area contributed by atoms with E-state index in [0.29, 0.717) is 0 Å². The zero-order valence-corrected chi connectivity index (χ0v) is 13.4. The second-order valence-electron chi connectivity index (χ2n) is 7.13. The van der Waals surface area contributed by atoms with Gasteiger partial charge < -0.3 is 5.32 Å². The second kappa shape index (κ2) is 5.52. The van der Waals surface area contributed by atoms with Crippen molar-refractivity contribution in [1.29, 1.82) is 0 Å². The minimum Gasteiger partial charge on any atom is -0.354 e. The summed E-state index contributed by atoms with van der Waals surface area (Å²) in [6.07, 6.45) is 5.56. The summed E-state index contributed by atoms with van der Waals surface area (Å²) in [5.41, 5.74) is 2.43. The van der Waals surface area contributed by atoms with Crippen LogP contribution in [0.25, 0.3) is 0 Å². The highest BCUT2D eigenvalue weighted by Crippen LogP contribution is 2.49. The lowest BCUT2D eigenvalue weighted by atomic mass is 9.64. The van der Waals surface area contributed by atoms with Crippen molar-refractivity contribution in [2.75, 3.05) is 6.54 Å². The Labute approximate surface area is 137 Å². The summed E-state index contributed by atoms with van der Waals surface area (Å²) in [6, 6.07) is 20.9. The summed E-state index contributed by atoms with van der Waals surface area (Å²) >= 11 is 0. The Morgan fingerprint density at radius 2 is 1.39 bits per heavy atom. The smallest absolute Gasteiger partial charge is 0.230 e. The molecule has 2 heteroatoms. The Kier molecular flexibility index (Phi) is 3.48. The summed E-state index contributed by atoms with van der Waals surface area (Å²) in [5, 5.41) is 3.29. The molecule has 1 amide bonds. The van der Waals surface area contributed by atoms with Crippen molar-refractivity contribution in [1.82, 2.24) is 5.32 Å². The number of carbonyl (C=O) groups excluding carboxylic acids is 1. The van der Waals surface area contributed by atoms with Gasteiger partial charge >= 0.3 is 0 Å². The Hall–Kier alpha value is -2.09. The summed E-state index contributed by atoms with van der Waals surface area (Å²) in [5.74, 6) is 0.214. The van der Waals surface area contributed by atoms with Crippen molar-refractivity contribution in [2.24, 2.45) is 0 Å². The number of rotatable bonds is 5. The van der Waals surface area contributed by atoms with Crippen LogP contribution in [0, 0.1) is 0 Å². The van der Waals surface area contributed by atoms with Gasteiger partial charge in [0.15, 0.2) is 0 Å². The minimum atomic E-state index is -0.261. The van der Waals surface area contributed by atoms with Gasteiger partial charge in [0.1, 0.15) is 0 Å². The summed E-state index contributed by atoms with van der Waals surface area (Å²) in [4.78, 5) is 12.8. The van der Waals surface area contributed by atoms with E-state index in [9.17, 15) is 4.79 Å². The molecule has 0 spiro atoms. The minimum absolute atomic E-state index is 0.156. The van der Waals surface area contributed by atoms with E-state index in [4.69, 9.17) is 0 Å². The first-order valence-corrected chi connectivity index (χ1v) is 8.65. The van der Waals surface area contributed by atoms with Crippen LogP contribution in [0.15, 0.2) is 60.7 Å². The van der Waals surface area contributed by atoms with Crippen LogP contribution in [-0.2, 0) is 15.6 Å². The van der Waals surface area contributed by atoms with Crippen LogP contribution in [-0.4, -0.2) is 12.5 Å². The fraction of sp³-hybridized carbons (Fsp3) is 0.381. The summed E-state index contributed by atoms with van der Waals surface area (Å²) in [6.45, 7) is 0.768. The van der Waals surface area contributed by atoms with E-state index in [1.807, 2.05) is 18.2 Å². The van der Waals surface area contributed by atoms with Crippen LogP contribution >= 0.6 is 0 Å². The number of amides is 1. The highest BCUT2D eigenvalue weighted by Gasteiger charge is 2.51. The maximum absolute atomic E-state index is 12.8. The lowest BCUT2D eigenvalue weighted by Crippen LogP contribution is -2.48. The van der Waals surface area contributed by atoms with Gasteiger partial charge in [0.25, 0.3) is 0 Å². The van der Waals surface area contributed by atoms with Crippen molar-refractivity contribution in [3.05, 3.63) is 71.8 Å². The highest BCUT2D eigenvalue weighted by atomic mass is 16.2. The molecule has 2 aromatic rings. The number of benzene rings is 2. The topological polar surface area (TPSA) is 29.1 Å². The molecule has 2 saturated carbocycles. The van der Waals surface area contributed by atoms with Gasteiger partial charge in [0.05, 0.1) is 5.41 Å². The van der Waals surface area contributed by atoms with Gasteiger partial charge in [-0.2, -0.15) is 0 Å². The molecule has 2 aliphatic rings. The molecule has 0 unspecified atom stereocenters. The lowest BCUT2D eigenvalue weighted by molar-refractivity contribution is -0.124. The standard InChI is InChI=1S/C21H23NO/c23-19(21(14-15-21)18-10-5-2-6-11-18)22-16-20(12-7-13-20)17-8-3-1-4-9-17/h1-6,8-11H,7,12-16H2,(H,22,23). The van der Waals surface area contributed by atoms with Gasteiger partial charge in [0, 0.05) is 12.0 Å². The first-order valence-electron chi connectivity index (χ1n) is 8.65. The molecule has 23 heavy (non-hydrogen) atoms. The number of hydrogen-bond donors (Lipinski definition) is 1. The molecule has 2 aliphatic carbocycles. The molecule has 0 bridgehead atoms. The highest BCUT2D eigenvalue weighted by molar-refractivity contribution is 5.91. The van der Waals surface area contributed by atoms with E-state index in [1.165, 1.54) is 30.4 Å². The molecule has 0 atom stereocenters. The molecular formula is C21H23NO. The molecule has 2 fully saturated rings. The normalized spacial score (nSPS) is 20.3. The van der Waals surface area contributed by atoms with Gasteiger partial charge in [-0.15, -0.1) is 0 Å². The maximum Gasteiger partial charge on any atom is 0.230 e. The van der Waals surface area contributed by atoms with Gasteiger partial charge in [0.2, 0.25) is 5.91 Å². The Balaban J connectivity index is 1.48. The molecule has 0 heterocycles. The lowest BCUT2D eigenvalue weighted by Gasteiger charge is -2.43. The molecule has 2 nitrogen and oxygen atoms in total. The predicted octanol–water partition coefficient (Wildman–Crippen LogP) is 3.96. The maximum atomic E-state index is 12.8. The average molecular weight is 305 g/mol. The molecule has 1 N–H and O–H groups in total. The van der Waals surface area contributed by atoms with Gasteiger partial charge in [-0.05, 0) is 36.8 Å². The Morgan fingerprint density at radius 1 is 0.826 bits per heavy atom. The molecule has 0 aliphatic heterocycles. The second-order valence-corrected chi connectivity index (χ2v) is 7.13. The SMILES string of the molecule is O=C(NCC1(c2ccccc2)CCC1)C1(c2ccccc2)CC1. The van der Waals surface area contributed by atoms with Gasteiger partial charge in [-0.1, -0.05) is 67.1 Å². The summed E-state index contributed by atoms with van der Waals surface area (Å²) < 4.78 is 0. The largest absolute Gasteiger partial charge is 0.354 e. The fourth-order valence-electron chi connectivity index (χ4n) is 3.91. The quantitative estimate of drug-likeness (QED) is 0.890. The Bertz CT molecular complexity index is 684. The van der Waals surface area contributed by atoms with E-state index < -0.39 is 0 Å². The fourth-order valence-corrected chi connectivity index (χ4v) is 3.91. The number of carbonyl (C=O) groups is 1. The molecule has 2 aromatic carbocycles. The van der Waals surface area contributed by atoms with Crippen LogP contribution in [0.1, 0.15) is 43.2 Å². The predicted molar refractivity (Wildman–Crippen MR) is 92.3 cm³/mol. The molecule has 4 rings (SSSR count). The Morgan fingerprint density at radius 3 is 1.87 bits per heavy atom. The van der Waals surface area contributed by atoms with Crippen LogP contribution in [0.2, 0.25) is 0 Å².